The minimum Gasteiger partial charge on any atom is -0.488 e. The van der Waals surface area contributed by atoms with Gasteiger partial charge in [-0.3, -0.25) is 0 Å². The summed E-state index contributed by atoms with van der Waals surface area (Å²) in [7, 11) is 0. The van der Waals surface area contributed by atoms with Gasteiger partial charge in [0.15, 0.2) is 0 Å². The first-order valence-electron chi connectivity index (χ1n) is 7.46. The zero-order valence-corrected chi connectivity index (χ0v) is 13.6. The Morgan fingerprint density at radius 1 is 0.850 bits per heavy atom. The molecule has 1 nitrogen and oxygen atoms in total. The zero-order valence-electron chi connectivity index (χ0n) is 13.6. The van der Waals surface area contributed by atoms with E-state index in [0.717, 1.165) is 12.2 Å². The molecule has 0 aliphatic heterocycles. The van der Waals surface area contributed by atoms with E-state index in [9.17, 15) is 0 Å². The van der Waals surface area contributed by atoms with E-state index in [0.29, 0.717) is 0 Å². The first kappa shape index (κ1) is 14.9. The van der Waals surface area contributed by atoms with Gasteiger partial charge in [-0.2, -0.15) is 0 Å². The topological polar surface area (TPSA) is 9.23 Å². The second-order valence-corrected chi connectivity index (χ2v) is 7.11. The largest absolute Gasteiger partial charge is 0.488 e. The summed E-state index contributed by atoms with van der Waals surface area (Å²) >= 11 is 0. The zero-order chi connectivity index (χ0) is 15.0. The van der Waals surface area contributed by atoms with Crippen molar-refractivity contribution in [2.45, 2.75) is 59.0 Å². The third kappa shape index (κ3) is 2.98. The summed E-state index contributed by atoms with van der Waals surface area (Å²) in [4.78, 5) is 0. The van der Waals surface area contributed by atoms with Gasteiger partial charge in [0.1, 0.15) is 11.4 Å². The average molecular weight is 270 g/mol. The van der Waals surface area contributed by atoms with Crippen LogP contribution < -0.4 is 4.74 Å². The normalized spacial score (nSPS) is 12.7. The monoisotopic (exact) mass is 270 g/mol. The van der Waals surface area contributed by atoms with Crippen LogP contribution in [0.15, 0.2) is 36.4 Å². The maximum absolute atomic E-state index is 6.12. The number of fused-ring (bicyclic) bond motifs is 1. The molecule has 0 radical (unpaired) electrons. The fraction of sp³-hybridized carbons (Fsp3) is 0.474. The highest BCUT2D eigenvalue weighted by Crippen LogP contribution is 2.36. The molecule has 0 unspecified atom stereocenters. The Morgan fingerprint density at radius 3 is 2.05 bits per heavy atom. The van der Waals surface area contributed by atoms with Crippen molar-refractivity contribution in [2.75, 3.05) is 0 Å². The van der Waals surface area contributed by atoms with Crippen LogP contribution in [0.5, 0.6) is 5.75 Å². The molecule has 0 fully saturated rings. The lowest BCUT2D eigenvalue weighted by molar-refractivity contribution is 0.133. The Hall–Kier alpha value is -1.50. The van der Waals surface area contributed by atoms with Crippen LogP contribution in [0.2, 0.25) is 0 Å². The lowest BCUT2D eigenvalue weighted by Gasteiger charge is -2.27. The molecule has 2 rings (SSSR count). The molecule has 108 valence electrons. The smallest absolute Gasteiger partial charge is 0.127 e. The van der Waals surface area contributed by atoms with E-state index < -0.39 is 0 Å². The van der Waals surface area contributed by atoms with Crippen LogP contribution in [0.1, 0.15) is 53.5 Å². The van der Waals surface area contributed by atoms with Crippen LogP contribution in [0, 0.1) is 0 Å². The van der Waals surface area contributed by atoms with Gasteiger partial charge in [-0.25, -0.2) is 0 Å². The van der Waals surface area contributed by atoms with Gasteiger partial charge in [-0.15, -0.1) is 0 Å². The third-order valence-electron chi connectivity index (χ3n) is 3.91. The summed E-state index contributed by atoms with van der Waals surface area (Å²) in [5, 5.41) is 2.52. The lowest BCUT2D eigenvalue weighted by atomic mass is 9.79. The number of rotatable bonds is 3. The highest BCUT2D eigenvalue weighted by molar-refractivity contribution is 5.91. The molecule has 2 aromatic rings. The molecule has 0 aliphatic carbocycles. The van der Waals surface area contributed by atoms with Gasteiger partial charge in [-0.05, 0) is 49.6 Å². The van der Waals surface area contributed by atoms with Crippen LogP contribution in [0.4, 0.5) is 0 Å². The van der Waals surface area contributed by atoms with Gasteiger partial charge in [0, 0.05) is 5.39 Å². The molecule has 20 heavy (non-hydrogen) atoms. The molecule has 0 aromatic heterocycles. The second-order valence-electron chi connectivity index (χ2n) is 7.11. The molecular weight excluding hydrogens is 244 g/mol. The molecule has 0 bridgehead atoms. The number of benzene rings is 2. The van der Waals surface area contributed by atoms with E-state index in [1.165, 1.54) is 16.3 Å². The number of ether oxygens (including phenoxy) is 1. The van der Waals surface area contributed by atoms with E-state index in [-0.39, 0.29) is 11.0 Å². The van der Waals surface area contributed by atoms with E-state index in [1.807, 2.05) is 0 Å². The van der Waals surface area contributed by atoms with Gasteiger partial charge < -0.3 is 4.74 Å². The third-order valence-corrected chi connectivity index (χ3v) is 3.91. The van der Waals surface area contributed by atoms with Crippen LogP contribution in [0.25, 0.3) is 10.8 Å². The molecule has 0 N–H and O–H groups in total. The van der Waals surface area contributed by atoms with E-state index in [4.69, 9.17) is 4.74 Å². The first-order chi connectivity index (χ1) is 9.24. The second kappa shape index (κ2) is 5.12. The number of hydrogen-bond acceptors (Lipinski definition) is 1. The maximum Gasteiger partial charge on any atom is 0.127 e. The molecular formula is C19H26O. The summed E-state index contributed by atoms with van der Waals surface area (Å²) in [6, 6.07) is 12.9. The van der Waals surface area contributed by atoms with Crippen LogP contribution in [-0.4, -0.2) is 5.60 Å². The van der Waals surface area contributed by atoms with Crippen molar-refractivity contribution in [2.24, 2.45) is 0 Å². The number of hydrogen-bond donors (Lipinski definition) is 0. The van der Waals surface area contributed by atoms with Crippen LogP contribution in [-0.2, 0) is 5.41 Å². The summed E-state index contributed by atoms with van der Waals surface area (Å²) in [6.07, 6.45) is 1.12. The van der Waals surface area contributed by atoms with Gasteiger partial charge in [0.2, 0.25) is 0 Å². The van der Waals surface area contributed by atoms with Crippen molar-refractivity contribution in [1.82, 2.24) is 0 Å². The predicted molar refractivity (Wildman–Crippen MR) is 87.6 cm³/mol. The molecule has 0 saturated heterocycles. The molecule has 0 aliphatic rings. The van der Waals surface area contributed by atoms with E-state index >= 15 is 0 Å². The predicted octanol–water partition coefficient (Wildman–Crippen LogP) is 5.70. The van der Waals surface area contributed by atoms with Crippen LogP contribution >= 0.6 is 0 Å². The summed E-state index contributed by atoms with van der Waals surface area (Å²) < 4.78 is 6.12. The van der Waals surface area contributed by atoms with Crippen molar-refractivity contribution in [3.05, 3.63) is 42.0 Å². The summed E-state index contributed by atoms with van der Waals surface area (Å²) in [5.74, 6) is 0.976. The minimum absolute atomic E-state index is 0.176. The van der Waals surface area contributed by atoms with Gasteiger partial charge in [0.25, 0.3) is 0 Å². The fourth-order valence-corrected chi connectivity index (χ4v) is 2.48. The standard InChI is InChI=1S/C19H26O/c1-7-19(5,6)16-12-8-11-15-14(16)10-9-13-17(15)20-18(2,3)4/h8-13H,7H2,1-6H3. The Balaban J connectivity index is 2.64. The minimum atomic E-state index is -0.176. The SMILES string of the molecule is CCC(C)(C)c1cccc2c(OC(C)(C)C)cccc12. The van der Waals surface area contributed by atoms with E-state index in [2.05, 4.69) is 77.9 Å². The Morgan fingerprint density at radius 2 is 1.45 bits per heavy atom. The highest BCUT2D eigenvalue weighted by atomic mass is 16.5. The summed E-state index contributed by atoms with van der Waals surface area (Å²) in [6.45, 7) is 13.1. The molecule has 0 atom stereocenters. The van der Waals surface area contributed by atoms with Gasteiger partial charge in [-0.1, -0.05) is 51.1 Å². The molecule has 0 amide bonds. The maximum atomic E-state index is 6.12. The van der Waals surface area contributed by atoms with Crippen molar-refractivity contribution in [3.8, 4) is 5.75 Å². The average Bonchev–Trinajstić information content (AvgIpc) is 2.36. The van der Waals surface area contributed by atoms with Crippen LogP contribution in [0.3, 0.4) is 0 Å². The van der Waals surface area contributed by atoms with Gasteiger partial charge >= 0.3 is 0 Å². The lowest BCUT2D eigenvalue weighted by Crippen LogP contribution is -2.23. The highest BCUT2D eigenvalue weighted by Gasteiger charge is 2.21. The molecule has 0 saturated carbocycles. The van der Waals surface area contributed by atoms with Crippen molar-refractivity contribution >= 4 is 10.8 Å². The summed E-state index contributed by atoms with van der Waals surface area (Å²) in [5.41, 5.74) is 1.40. The Bertz CT molecular complexity index is 603. The van der Waals surface area contributed by atoms with Gasteiger partial charge in [0.05, 0.1) is 0 Å². The first-order valence-corrected chi connectivity index (χ1v) is 7.46. The fourth-order valence-electron chi connectivity index (χ4n) is 2.48. The van der Waals surface area contributed by atoms with Crippen molar-refractivity contribution in [1.29, 1.82) is 0 Å². The molecule has 0 heterocycles. The van der Waals surface area contributed by atoms with E-state index in [1.54, 1.807) is 0 Å². The van der Waals surface area contributed by atoms with Crippen molar-refractivity contribution in [3.63, 3.8) is 0 Å². The Kier molecular flexibility index (Phi) is 3.82. The molecule has 0 spiro atoms. The Labute approximate surface area is 123 Å². The quantitative estimate of drug-likeness (QED) is 0.694. The van der Waals surface area contributed by atoms with Crippen molar-refractivity contribution < 1.29 is 4.74 Å². The molecule has 2 aromatic carbocycles. The molecule has 1 heteroatoms.